The number of pyridine rings is 1. The third-order valence-electron chi connectivity index (χ3n) is 8.43. The molecule has 21 heteroatoms. The molecule has 0 fully saturated rings. The lowest BCUT2D eigenvalue weighted by atomic mass is 9.93. The predicted octanol–water partition coefficient (Wildman–Crippen LogP) is 10.2. The summed E-state index contributed by atoms with van der Waals surface area (Å²) in [7, 11) is 0. The minimum absolute atomic E-state index is 0.0149. The molecule has 3 heterocycles. The number of hydrogen-bond acceptors (Lipinski definition) is 7. The van der Waals surface area contributed by atoms with Gasteiger partial charge in [0.25, 0.3) is 5.92 Å². The number of alkyl halides is 8. The number of hydrogen-bond donors (Lipinski definition) is 2. The molecule has 310 valence electrons. The minimum Gasteiger partial charge on any atom is -0.346 e. The molecule has 0 saturated heterocycles. The molecule has 0 spiro atoms. The molecule has 0 saturated carbocycles. The normalized spacial score (nSPS) is 13.0. The molecular weight excluding hydrogens is 848 g/mol. The number of fused-ring (bicyclic) bond motifs is 1. The first-order valence-electron chi connectivity index (χ1n) is 16.8. The van der Waals surface area contributed by atoms with E-state index in [1.807, 2.05) is 20.1 Å². The van der Waals surface area contributed by atoms with Gasteiger partial charge in [-0.25, -0.2) is 13.8 Å². The summed E-state index contributed by atoms with van der Waals surface area (Å²) in [5.41, 5.74) is -3.06. The maximum atomic E-state index is 14.5. The Hall–Kier alpha value is -4.61. The number of halogens is 11. The number of benzene rings is 2. The van der Waals surface area contributed by atoms with Crippen molar-refractivity contribution in [2.45, 2.75) is 69.3 Å². The van der Waals surface area contributed by atoms with E-state index in [1.54, 1.807) is 6.26 Å². The molecule has 58 heavy (non-hydrogen) atoms. The fourth-order valence-electron chi connectivity index (χ4n) is 5.84. The number of thioether (sulfide) groups is 1. The van der Waals surface area contributed by atoms with Gasteiger partial charge in [0.2, 0.25) is 5.91 Å². The van der Waals surface area contributed by atoms with Gasteiger partial charge in [-0.05, 0) is 74.4 Å². The molecule has 0 bridgehead atoms. The maximum absolute atomic E-state index is 14.5. The number of rotatable bonds is 12. The molecule has 0 aliphatic rings. The molecule has 8 nitrogen and oxygen atoms in total. The topological polar surface area (TPSA) is 89.7 Å². The standard InChI is InChI=1S/C37H32ClF10N7OS2/c1-34(2,57-4)11-10-22-6-7-23(24-8-9-25(38)30-32(24)55(18-36(43,44)45)52-33(30)53-58-5)31(49-22)26(14-19-12-20(39)15-21(40)13-19)50-29(56)17-54-28(35(3,41)42)16-27(51-54)37(46,47)48/h6-9,12-13,15-16,26H,14,17-18H2,1-5H3,(H,50,56)(H,52,53). The summed E-state index contributed by atoms with van der Waals surface area (Å²) in [4.78, 5) is 18.4. The maximum Gasteiger partial charge on any atom is 0.435 e. The zero-order valence-electron chi connectivity index (χ0n) is 30.9. The SMILES string of the molecule is CSNc1nn(CC(F)(F)F)c2c(-c3ccc(C#CC(C)(C)SC)nc3C(Cc3cc(F)cc(F)c3)NC(=O)Cn3nc(C(F)(F)F)cc3C(C)(F)F)ccc(Cl)c12. The molecule has 1 amide bonds. The van der Waals surface area contributed by atoms with E-state index < -0.39 is 77.5 Å². The Morgan fingerprint density at radius 3 is 2.14 bits per heavy atom. The smallest absolute Gasteiger partial charge is 0.346 e. The van der Waals surface area contributed by atoms with Crippen LogP contribution in [0.4, 0.5) is 49.7 Å². The Morgan fingerprint density at radius 1 is 0.897 bits per heavy atom. The van der Waals surface area contributed by atoms with Gasteiger partial charge < -0.3 is 10.0 Å². The van der Waals surface area contributed by atoms with Crippen molar-refractivity contribution in [3.8, 4) is 23.0 Å². The van der Waals surface area contributed by atoms with Gasteiger partial charge in [0.15, 0.2) is 11.5 Å². The second-order valence-corrected chi connectivity index (χ2v) is 15.8. The van der Waals surface area contributed by atoms with E-state index in [-0.39, 0.29) is 60.6 Å². The van der Waals surface area contributed by atoms with Crippen LogP contribution in [0.5, 0.6) is 0 Å². The van der Waals surface area contributed by atoms with E-state index in [4.69, 9.17) is 11.6 Å². The van der Waals surface area contributed by atoms with Crippen LogP contribution >= 0.6 is 35.3 Å². The Bertz CT molecular complexity index is 2380. The Kier molecular flexibility index (Phi) is 13.0. The van der Waals surface area contributed by atoms with Gasteiger partial charge >= 0.3 is 12.4 Å². The summed E-state index contributed by atoms with van der Waals surface area (Å²) in [6.07, 6.45) is -6.98. The number of anilines is 1. The van der Waals surface area contributed by atoms with Crippen molar-refractivity contribution in [1.82, 2.24) is 29.9 Å². The lowest BCUT2D eigenvalue weighted by Gasteiger charge is -2.23. The molecule has 2 aromatic carbocycles. The zero-order chi connectivity index (χ0) is 43.0. The predicted molar refractivity (Wildman–Crippen MR) is 203 cm³/mol. The Morgan fingerprint density at radius 2 is 1.55 bits per heavy atom. The summed E-state index contributed by atoms with van der Waals surface area (Å²) in [6, 6.07) is 6.73. The second-order valence-electron chi connectivity index (χ2n) is 13.4. The minimum atomic E-state index is -5.15. The number of nitrogens with zero attached hydrogens (tertiary/aromatic N) is 5. The first-order chi connectivity index (χ1) is 26.9. The number of carbonyl (C=O) groups excluding carboxylic acids is 1. The van der Waals surface area contributed by atoms with E-state index >= 15 is 0 Å². The fourth-order valence-corrected chi connectivity index (χ4v) is 6.57. The highest BCUT2D eigenvalue weighted by Crippen LogP contribution is 2.41. The van der Waals surface area contributed by atoms with Crippen LogP contribution in [0.2, 0.25) is 5.02 Å². The fraction of sp³-hybridized carbons (Fsp3) is 0.351. The highest BCUT2D eigenvalue weighted by atomic mass is 35.5. The molecule has 5 aromatic rings. The lowest BCUT2D eigenvalue weighted by molar-refractivity contribution is -0.142. The van der Waals surface area contributed by atoms with Crippen molar-refractivity contribution in [2.24, 2.45) is 0 Å². The quantitative estimate of drug-likeness (QED) is 0.0733. The van der Waals surface area contributed by atoms with Crippen molar-refractivity contribution < 1.29 is 48.7 Å². The average molecular weight is 880 g/mol. The van der Waals surface area contributed by atoms with Crippen LogP contribution in [0.3, 0.4) is 0 Å². The first kappa shape index (κ1) is 44.5. The van der Waals surface area contributed by atoms with Crippen LogP contribution in [-0.2, 0) is 36.4 Å². The third kappa shape index (κ3) is 10.7. The molecule has 5 rings (SSSR count). The van der Waals surface area contributed by atoms with Crippen molar-refractivity contribution in [2.75, 3.05) is 17.2 Å². The summed E-state index contributed by atoms with van der Waals surface area (Å²) in [5, 5.41) is 9.95. The van der Waals surface area contributed by atoms with Crippen molar-refractivity contribution in [3.05, 3.63) is 93.5 Å². The summed E-state index contributed by atoms with van der Waals surface area (Å²) < 4.78 is 144. The number of nitrogens with one attached hydrogen (secondary N) is 2. The van der Waals surface area contributed by atoms with Crippen LogP contribution in [0.25, 0.3) is 22.0 Å². The highest BCUT2D eigenvalue weighted by Gasteiger charge is 2.40. The first-order valence-corrected chi connectivity index (χ1v) is 19.6. The Balaban J connectivity index is 1.77. The van der Waals surface area contributed by atoms with Crippen LogP contribution in [0.1, 0.15) is 55.2 Å². The molecule has 3 aromatic heterocycles. The van der Waals surface area contributed by atoms with Crippen molar-refractivity contribution in [1.29, 1.82) is 0 Å². The Labute approximate surface area is 338 Å². The van der Waals surface area contributed by atoms with Gasteiger partial charge in [-0.3, -0.25) is 14.2 Å². The number of aromatic nitrogens is 5. The molecule has 2 N–H and O–H groups in total. The summed E-state index contributed by atoms with van der Waals surface area (Å²) in [6.45, 7) is 1.20. The molecular formula is C37H32ClF10N7OS2. The van der Waals surface area contributed by atoms with Gasteiger partial charge in [0, 0.05) is 30.4 Å². The van der Waals surface area contributed by atoms with Crippen LogP contribution < -0.4 is 10.0 Å². The van der Waals surface area contributed by atoms with Crippen LogP contribution in [-0.4, -0.2) is 53.9 Å². The van der Waals surface area contributed by atoms with Crippen molar-refractivity contribution in [3.63, 3.8) is 0 Å². The zero-order valence-corrected chi connectivity index (χ0v) is 33.3. The average Bonchev–Trinajstić information content (AvgIpc) is 3.69. The molecule has 1 atom stereocenters. The van der Waals surface area contributed by atoms with Gasteiger partial charge in [-0.1, -0.05) is 35.5 Å². The molecule has 0 radical (unpaired) electrons. The van der Waals surface area contributed by atoms with Crippen LogP contribution in [0.15, 0.2) is 48.5 Å². The van der Waals surface area contributed by atoms with Gasteiger partial charge in [-0.2, -0.15) is 45.3 Å². The molecule has 1 unspecified atom stereocenters. The monoisotopic (exact) mass is 879 g/mol. The molecule has 0 aliphatic heterocycles. The lowest BCUT2D eigenvalue weighted by Crippen LogP contribution is -2.35. The van der Waals surface area contributed by atoms with Crippen LogP contribution in [0, 0.1) is 23.5 Å². The van der Waals surface area contributed by atoms with E-state index in [0.717, 1.165) is 24.1 Å². The number of carbonyl (C=O) groups is 1. The van der Waals surface area contributed by atoms with E-state index in [2.05, 4.69) is 37.1 Å². The third-order valence-corrected chi connectivity index (χ3v) is 10.3. The summed E-state index contributed by atoms with van der Waals surface area (Å²) in [5.74, 6) is -1.16. The number of amides is 1. The van der Waals surface area contributed by atoms with Gasteiger partial charge in [0.1, 0.15) is 36.1 Å². The van der Waals surface area contributed by atoms with Gasteiger partial charge in [0.05, 0.1) is 32.4 Å². The molecule has 0 aliphatic carbocycles. The van der Waals surface area contributed by atoms with Crippen molar-refractivity contribution >= 4 is 57.9 Å². The highest BCUT2D eigenvalue weighted by molar-refractivity contribution is 8.00. The largest absolute Gasteiger partial charge is 0.435 e. The second kappa shape index (κ2) is 16.9. The summed E-state index contributed by atoms with van der Waals surface area (Å²) >= 11 is 8.98. The van der Waals surface area contributed by atoms with Gasteiger partial charge in [-0.15, -0.1) is 11.8 Å². The van der Waals surface area contributed by atoms with E-state index in [9.17, 15) is 48.7 Å². The van der Waals surface area contributed by atoms with E-state index in [0.29, 0.717) is 17.7 Å². The van der Waals surface area contributed by atoms with E-state index in [1.165, 1.54) is 36.0 Å².